The van der Waals surface area contributed by atoms with Crippen LogP contribution in [0.2, 0.25) is 0 Å². The Bertz CT molecular complexity index is 509. The number of nitrogens with zero attached hydrogens (tertiary/aromatic N) is 1. The zero-order valence-electron chi connectivity index (χ0n) is 9.92. The van der Waals surface area contributed by atoms with E-state index in [1.165, 1.54) is 0 Å². The largest absolute Gasteiger partial charge is 0.438 e. The first-order valence-electron chi connectivity index (χ1n) is 5.55. The van der Waals surface area contributed by atoms with Gasteiger partial charge in [-0.25, -0.2) is 4.98 Å². The van der Waals surface area contributed by atoms with Gasteiger partial charge >= 0.3 is 0 Å². The molecule has 0 radical (unpaired) electrons. The predicted octanol–water partition coefficient (Wildman–Crippen LogP) is 3.24. The first-order valence-corrected chi connectivity index (χ1v) is 5.55. The van der Waals surface area contributed by atoms with Gasteiger partial charge in [0.05, 0.1) is 6.10 Å². The van der Waals surface area contributed by atoms with Gasteiger partial charge in [-0.05, 0) is 37.6 Å². The van der Waals surface area contributed by atoms with E-state index in [9.17, 15) is 5.11 Å². The van der Waals surface area contributed by atoms with Gasteiger partial charge < -0.3 is 9.84 Å². The number of aromatic nitrogens is 1. The van der Waals surface area contributed by atoms with Crippen molar-refractivity contribution in [2.45, 2.75) is 20.0 Å². The molecule has 2 rings (SSSR count). The van der Waals surface area contributed by atoms with Crippen LogP contribution in [-0.2, 0) is 0 Å². The van der Waals surface area contributed by atoms with E-state index in [2.05, 4.69) is 4.98 Å². The quantitative estimate of drug-likeness (QED) is 0.878. The second-order valence-electron chi connectivity index (χ2n) is 3.94. The minimum absolute atomic E-state index is 0.455. The highest BCUT2D eigenvalue weighted by Crippen LogP contribution is 2.28. The fraction of sp³-hybridized carbons (Fsp3) is 0.214. The lowest BCUT2D eigenvalue weighted by Gasteiger charge is -2.12. The predicted molar refractivity (Wildman–Crippen MR) is 66.1 cm³/mol. The maximum absolute atomic E-state index is 9.63. The minimum atomic E-state index is -0.595. The van der Waals surface area contributed by atoms with Gasteiger partial charge in [0.15, 0.2) is 0 Å². The third kappa shape index (κ3) is 2.63. The molecule has 88 valence electrons. The molecule has 1 N–H and O–H groups in total. The number of aryl methyl sites for hydroxylation is 1. The van der Waals surface area contributed by atoms with Crippen molar-refractivity contribution < 1.29 is 9.84 Å². The summed E-state index contributed by atoms with van der Waals surface area (Å²) in [6.07, 6.45) is 1.06. The van der Waals surface area contributed by atoms with E-state index >= 15 is 0 Å². The monoisotopic (exact) mass is 229 g/mol. The Hall–Kier alpha value is -1.87. The number of hydrogen-bond acceptors (Lipinski definition) is 3. The molecular weight excluding hydrogens is 214 g/mol. The van der Waals surface area contributed by atoms with Crippen molar-refractivity contribution in [3.63, 3.8) is 0 Å². The Morgan fingerprint density at radius 1 is 1.18 bits per heavy atom. The molecule has 1 aromatic carbocycles. The lowest BCUT2D eigenvalue weighted by molar-refractivity contribution is 0.194. The zero-order chi connectivity index (χ0) is 12.3. The number of aliphatic hydroxyl groups is 1. The van der Waals surface area contributed by atoms with Gasteiger partial charge in [-0.3, -0.25) is 0 Å². The van der Waals surface area contributed by atoms with Crippen molar-refractivity contribution in [3.8, 4) is 11.6 Å². The Labute approximate surface area is 101 Å². The van der Waals surface area contributed by atoms with Gasteiger partial charge in [0.2, 0.25) is 5.88 Å². The van der Waals surface area contributed by atoms with Crippen LogP contribution in [0.15, 0.2) is 42.6 Å². The van der Waals surface area contributed by atoms with Crippen molar-refractivity contribution in [1.82, 2.24) is 4.98 Å². The first kappa shape index (κ1) is 11.6. The highest BCUT2D eigenvalue weighted by Gasteiger charge is 2.11. The van der Waals surface area contributed by atoms with Crippen molar-refractivity contribution in [2.75, 3.05) is 0 Å². The second-order valence-corrected chi connectivity index (χ2v) is 3.94. The van der Waals surface area contributed by atoms with Crippen molar-refractivity contribution in [2.24, 2.45) is 0 Å². The average molecular weight is 229 g/mol. The molecule has 3 nitrogen and oxygen atoms in total. The van der Waals surface area contributed by atoms with Crippen LogP contribution in [0, 0.1) is 6.92 Å². The molecule has 17 heavy (non-hydrogen) atoms. The molecule has 1 aromatic heterocycles. The molecule has 0 aliphatic rings. The molecule has 3 heteroatoms. The molecule has 1 heterocycles. The molecular formula is C14H15NO2. The Kier molecular flexibility index (Phi) is 3.40. The van der Waals surface area contributed by atoms with Gasteiger partial charge in [-0.15, -0.1) is 0 Å². The first-order chi connectivity index (χ1) is 8.18. The molecule has 0 saturated carbocycles. The van der Waals surface area contributed by atoms with Crippen molar-refractivity contribution >= 4 is 0 Å². The van der Waals surface area contributed by atoms with Crippen LogP contribution < -0.4 is 4.74 Å². The molecule has 1 unspecified atom stereocenters. The summed E-state index contributed by atoms with van der Waals surface area (Å²) in [5.74, 6) is 1.21. The van der Waals surface area contributed by atoms with Gasteiger partial charge in [0.25, 0.3) is 0 Å². The van der Waals surface area contributed by atoms with E-state index in [1.54, 1.807) is 19.2 Å². The fourth-order valence-corrected chi connectivity index (χ4v) is 1.58. The summed E-state index contributed by atoms with van der Waals surface area (Å²) in [4.78, 5) is 4.15. The van der Waals surface area contributed by atoms with E-state index in [1.807, 2.05) is 37.3 Å². The highest BCUT2D eigenvalue weighted by molar-refractivity contribution is 5.37. The number of benzene rings is 1. The Morgan fingerprint density at radius 2 is 1.94 bits per heavy atom. The smallest absolute Gasteiger partial charge is 0.225 e. The maximum Gasteiger partial charge on any atom is 0.225 e. The van der Waals surface area contributed by atoms with Crippen LogP contribution in [-0.4, -0.2) is 10.1 Å². The summed E-state index contributed by atoms with van der Waals surface area (Å²) in [5, 5.41) is 9.63. The van der Waals surface area contributed by atoms with E-state index in [0.29, 0.717) is 11.4 Å². The summed E-state index contributed by atoms with van der Waals surface area (Å²) in [6.45, 7) is 3.67. The number of ether oxygens (including phenoxy) is 1. The van der Waals surface area contributed by atoms with Crippen LogP contribution in [0.25, 0.3) is 0 Å². The van der Waals surface area contributed by atoms with Gasteiger partial charge in [-0.2, -0.15) is 0 Å². The fourth-order valence-electron chi connectivity index (χ4n) is 1.58. The van der Waals surface area contributed by atoms with Crippen LogP contribution in [0.5, 0.6) is 11.6 Å². The maximum atomic E-state index is 9.63. The van der Waals surface area contributed by atoms with Gasteiger partial charge in [0.1, 0.15) is 5.75 Å². The Morgan fingerprint density at radius 3 is 2.65 bits per heavy atom. The summed E-state index contributed by atoms with van der Waals surface area (Å²) in [5.41, 5.74) is 1.73. The van der Waals surface area contributed by atoms with Crippen molar-refractivity contribution in [3.05, 3.63) is 53.7 Å². The number of para-hydroxylation sites is 1. The van der Waals surface area contributed by atoms with E-state index in [-0.39, 0.29) is 0 Å². The second kappa shape index (κ2) is 4.97. The van der Waals surface area contributed by atoms with Crippen LogP contribution >= 0.6 is 0 Å². The van der Waals surface area contributed by atoms with E-state index in [4.69, 9.17) is 4.74 Å². The van der Waals surface area contributed by atoms with Crippen LogP contribution in [0.3, 0.4) is 0 Å². The third-order valence-corrected chi connectivity index (χ3v) is 2.55. The molecule has 2 aromatic rings. The molecule has 1 atom stereocenters. The third-order valence-electron chi connectivity index (χ3n) is 2.55. The van der Waals surface area contributed by atoms with Gasteiger partial charge in [0, 0.05) is 11.8 Å². The molecule has 0 saturated heterocycles. The van der Waals surface area contributed by atoms with E-state index < -0.39 is 6.10 Å². The topological polar surface area (TPSA) is 42.4 Å². The molecule has 0 bridgehead atoms. The number of hydrogen-bond donors (Lipinski definition) is 1. The molecule has 0 amide bonds. The molecule has 0 fully saturated rings. The van der Waals surface area contributed by atoms with Gasteiger partial charge in [-0.1, -0.05) is 18.2 Å². The van der Waals surface area contributed by atoms with Crippen LogP contribution in [0.4, 0.5) is 0 Å². The van der Waals surface area contributed by atoms with Crippen molar-refractivity contribution in [1.29, 1.82) is 0 Å². The van der Waals surface area contributed by atoms with Crippen LogP contribution in [0.1, 0.15) is 24.2 Å². The lowest BCUT2D eigenvalue weighted by atomic mass is 10.2. The zero-order valence-corrected chi connectivity index (χ0v) is 9.92. The summed E-state index contributed by atoms with van der Waals surface area (Å²) < 4.78 is 5.73. The molecule has 0 aliphatic carbocycles. The number of pyridine rings is 1. The lowest BCUT2D eigenvalue weighted by Crippen LogP contribution is -1.98. The molecule has 0 aliphatic heterocycles. The minimum Gasteiger partial charge on any atom is -0.438 e. The van der Waals surface area contributed by atoms with E-state index in [0.717, 1.165) is 11.3 Å². The summed E-state index contributed by atoms with van der Waals surface area (Å²) in [7, 11) is 0. The normalized spacial score (nSPS) is 12.2. The SMILES string of the molecule is Cc1ccccc1Oc1ncccc1C(C)O. The highest BCUT2D eigenvalue weighted by atomic mass is 16.5. The number of rotatable bonds is 3. The average Bonchev–Trinajstić information content (AvgIpc) is 2.32. The summed E-state index contributed by atoms with van der Waals surface area (Å²) in [6, 6.07) is 11.3. The standard InChI is InChI=1S/C14H15NO2/c1-10-6-3-4-8-13(10)17-14-12(11(2)16)7-5-9-15-14/h3-9,11,16H,1-2H3. The summed E-state index contributed by atoms with van der Waals surface area (Å²) >= 11 is 0. The molecule has 0 spiro atoms. The Balaban J connectivity index is 2.34. The number of aliphatic hydroxyl groups excluding tert-OH is 1.